The number of aryl methyl sites for hydroxylation is 2. The molecule has 1 aliphatic heterocycles. The molecule has 0 amide bonds. The first-order valence-corrected chi connectivity index (χ1v) is 12.6. The highest BCUT2D eigenvalue weighted by molar-refractivity contribution is 7.79. The average Bonchev–Trinajstić information content (AvgIpc) is 3.12. The van der Waals surface area contributed by atoms with E-state index in [0.717, 1.165) is 49.4 Å². The first-order valence-electron chi connectivity index (χ1n) is 12.0. The fourth-order valence-corrected chi connectivity index (χ4v) is 5.31. The molecule has 0 saturated carbocycles. The lowest BCUT2D eigenvalue weighted by atomic mass is 9.91. The molecule has 33 heavy (non-hydrogen) atoms. The van der Waals surface area contributed by atoms with E-state index in [0.29, 0.717) is 17.6 Å². The van der Waals surface area contributed by atoms with Gasteiger partial charge < -0.3 is 14.6 Å². The second-order valence-electron chi connectivity index (χ2n) is 9.73. The van der Waals surface area contributed by atoms with E-state index in [1.165, 1.54) is 27.8 Å². The minimum Gasteiger partial charge on any atom is -0.481 e. The fraction of sp³-hybridized carbons (Fsp3) is 0.481. The Labute approximate surface area is 202 Å². The molecule has 1 fully saturated rings. The van der Waals surface area contributed by atoms with Crippen molar-refractivity contribution in [2.45, 2.75) is 65.0 Å². The van der Waals surface area contributed by atoms with E-state index in [1.807, 2.05) is 0 Å². The standard InChI is InChI=1S/C27H35N3O2S/c1-17(2)21-6-7-23(22(14-21)16-33)30-15-18(3)26-24(13-19(4)28-27(26)30)29-11-9-20(10-12-29)5-8-25(31)32/h6-7,13-15,17,20,33H,5,8-12,16H2,1-4H3,(H,31,32). The van der Waals surface area contributed by atoms with Crippen LogP contribution in [0.2, 0.25) is 0 Å². The van der Waals surface area contributed by atoms with E-state index in [1.54, 1.807) is 0 Å². The van der Waals surface area contributed by atoms with Gasteiger partial charge in [0.2, 0.25) is 0 Å². The summed E-state index contributed by atoms with van der Waals surface area (Å²) < 4.78 is 2.23. The number of piperidine rings is 1. The van der Waals surface area contributed by atoms with Gasteiger partial charge in [-0.3, -0.25) is 4.79 Å². The lowest BCUT2D eigenvalue weighted by molar-refractivity contribution is -0.137. The number of pyridine rings is 1. The van der Waals surface area contributed by atoms with Gasteiger partial charge in [-0.05, 0) is 73.8 Å². The zero-order chi connectivity index (χ0) is 23.7. The second kappa shape index (κ2) is 9.80. The summed E-state index contributed by atoms with van der Waals surface area (Å²) in [5.41, 5.74) is 8.16. The van der Waals surface area contributed by atoms with E-state index < -0.39 is 5.97 Å². The van der Waals surface area contributed by atoms with Gasteiger partial charge in [-0.25, -0.2) is 4.98 Å². The minimum absolute atomic E-state index is 0.272. The van der Waals surface area contributed by atoms with Crippen molar-refractivity contribution in [3.05, 3.63) is 52.8 Å². The van der Waals surface area contributed by atoms with Gasteiger partial charge in [0.1, 0.15) is 5.65 Å². The van der Waals surface area contributed by atoms with Crippen LogP contribution in [-0.2, 0) is 10.5 Å². The van der Waals surface area contributed by atoms with E-state index >= 15 is 0 Å². The van der Waals surface area contributed by atoms with Crippen molar-refractivity contribution in [3.8, 4) is 5.69 Å². The van der Waals surface area contributed by atoms with E-state index in [2.05, 4.69) is 80.3 Å². The molecule has 2 aromatic heterocycles. The van der Waals surface area contributed by atoms with Gasteiger partial charge in [-0.15, -0.1) is 0 Å². The molecule has 1 N–H and O–H groups in total. The van der Waals surface area contributed by atoms with Crippen LogP contribution in [0.5, 0.6) is 0 Å². The Kier molecular flexibility index (Phi) is 7.03. The second-order valence-corrected chi connectivity index (χ2v) is 10.0. The number of benzene rings is 1. The molecular weight excluding hydrogens is 430 g/mol. The number of carboxylic acid groups (broad SMARTS) is 1. The Bertz CT molecular complexity index is 1160. The summed E-state index contributed by atoms with van der Waals surface area (Å²) in [5, 5.41) is 10.2. The molecule has 0 spiro atoms. The lowest BCUT2D eigenvalue weighted by Gasteiger charge is -2.34. The third-order valence-electron chi connectivity index (χ3n) is 6.97. The zero-order valence-corrected chi connectivity index (χ0v) is 21.0. The number of rotatable bonds is 7. The van der Waals surface area contributed by atoms with Crippen LogP contribution in [0.1, 0.15) is 67.8 Å². The van der Waals surface area contributed by atoms with Crippen LogP contribution in [0.15, 0.2) is 30.5 Å². The molecule has 0 atom stereocenters. The topological polar surface area (TPSA) is 58.4 Å². The third kappa shape index (κ3) is 4.91. The van der Waals surface area contributed by atoms with Gasteiger partial charge >= 0.3 is 5.97 Å². The highest BCUT2D eigenvalue weighted by Crippen LogP contribution is 2.36. The van der Waals surface area contributed by atoms with Crippen LogP contribution >= 0.6 is 12.6 Å². The summed E-state index contributed by atoms with van der Waals surface area (Å²) in [4.78, 5) is 18.4. The average molecular weight is 466 g/mol. The number of fused-ring (bicyclic) bond motifs is 1. The monoisotopic (exact) mass is 465 g/mol. The summed E-state index contributed by atoms with van der Waals surface area (Å²) in [6, 6.07) is 8.90. The Balaban J connectivity index is 1.71. The molecule has 1 aromatic carbocycles. The van der Waals surface area contributed by atoms with Crippen molar-refractivity contribution >= 4 is 35.3 Å². The summed E-state index contributed by atoms with van der Waals surface area (Å²) in [5.74, 6) is 0.963. The van der Waals surface area contributed by atoms with Gasteiger partial charge in [0.05, 0.1) is 5.69 Å². The number of hydrogen-bond acceptors (Lipinski definition) is 4. The van der Waals surface area contributed by atoms with Crippen LogP contribution in [0.25, 0.3) is 16.7 Å². The number of aliphatic carboxylic acids is 1. The number of carbonyl (C=O) groups is 1. The molecule has 0 unspecified atom stereocenters. The third-order valence-corrected chi connectivity index (χ3v) is 7.32. The van der Waals surface area contributed by atoms with Crippen LogP contribution in [0.4, 0.5) is 5.69 Å². The van der Waals surface area contributed by atoms with Gasteiger partial charge in [-0.1, -0.05) is 26.0 Å². The van der Waals surface area contributed by atoms with Crippen LogP contribution < -0.4 is 4.90 Å². The number of thiol groups is 1. The predicted molar refractivity (Wildman–Crippen MR) is 139 cm³/mol. The normalized spacial score (nSPS) is 15.0. The van der Waals surface area contributed by atoms with Crippen LogP contribution in [0, 0.1) is 19.8 Å². The Hall–Kier alpha value is -2.47. The van der Waals surface area contributed by atoms with Gasteiger partial charge in [0, 0.05) is 48.2 Å². The minimum atomic E-state index is -0.692. The molecule has 1 aliphatic rings. The van der Waals surface area contributed by atoms with Crippen LogP contribution in [-0.4, -0.2) is 33.7 Å². The fourth-order valence-electron chi connectivity index (χ4n) is 5.06. The van der Waals surface area contributed by atoms with Crippen molar-refractivity contribution in [1.29, 1.82) is 0 Å². The number of nitrogens with zero attached hydrogens (tertiary/aromatic N) is 3. The van der Waals surface area contributed by atoms with Gasteiger partial charge in [-0.2, -0.15) is 12.6 Å². The molecule has 3 aromatic rings. The van der Waals surface area contributed by atoms with Crippen molar-refractivity contribution in [3.63, 3.8) is 0 Å². The maximum Gasteiger partial charge on any atom is 0.303 e. The Morgan fingerprint density at radius 1 is 1.18 bits per heavy atom. The predicted octanol–water partition coefficient (Wildman–Crippen LogP) is 6.28. The molecule has 176 valence electrons. The summed E-state index contributed by atoms with van der Waals surface area (Å²) in [6.07, 6.45) is 5.33. The largest absolute Gasteiger partial charge is 0.481 e. The Morgan fingerprint density at radius 2 is 1.91 bits per heavy atom. The van der Waals surface area contributed by atoms with E-state index in [9.17, 15) is 4.79 Å². The molecule has 3 heterocycles. The number of carboxylic acids is 1. The van der Waals surface area contributed by atoms with Crippen molar-refractivity contribution < 1.29 is 9.90 Å². The molecule has 5 nitrogen and oxygen atoms in total. The molecule has 1 saturated heterocycles. The van der Waals surface area contributed by atoms with E-state index in [-0.39, 0.29) is 6.42 Å². The molecule has 4 rings (SSSR count). The maximum atomic E-state index is 10.9. The smallest absolute Gasteiger partial charge is 0.303 e. The van der Waals surface area contributed by atoms with Crippen molar-refractivity contribution in [2.75, 3.05) is 18.0 Å². The molecular formula is C27H35N3O2S. The summed E-state index contributed by atoms with van der Waals surface area (Å²) in [7, 11) is 0. The Morgan fingerprint density at radius 3 is 2.55 bits per heavy atom. The first-order chi connectivity index (χ1) is 15.8. The highest BCUT2D eigenvalue weighted by atomic mass is 32.1. The quantitative estimate of drug-likeness (QED) is 0.403. The van der Waals surface area contributed by atoms with E-state index in [4.69, 9.17) is 10.1 Å². The number of anilines is 1. The SMILES string of the molecule is Cc1cc(N2CCC(CCC(=O)O)CC2)c2c(C)cn(-c3ccc(C(C)C)cc3CS)c2n1. The lowest BCUT2D eigenvalue weighted by Crippen LogP contribution is -2.34. The van der Waals surface area contributed by atoms with Gasteiger partial charge in [0.15, 0.2) is 0 Å². The maximum absolute atomic E-state index is 10.9. The van der Waals surface area contributed by atoms with Crippen LogP contribution in [0.3, 0.4) is 0 Å². The summed E-state index contributed by atoms with van der Waals surface area (Å²) >= 11 is 4.63. The van der Waals surface area contributed by atoms with Crippen molar-refractivity contribution in [2.24, 2.45) is 5.92 Å². The molecule has 0 bridgehead atoms. The first kappa shape index (κ1) is 23.7. The molecule has 0 radical (unpaired) electrons. The summed E-state index contributed by atoms with van der Waals surface area (Å²) in [6.45, 7) is 10.6. The molecule has 0 aliphatic carbocycles. The highest BCUT2D eigenvalue weighted by Gasteiger charge is 2.24. The van der Waals surface area contributed by atoms with Crippen molar-refractivity contribution in [1.82, 2.24) is 9.55 Å². The van der Waals surface area contributed by atoms with Gasteiger partial charge in [0.25, 0.3) is 0 Å². The number of hydrogen-bond donors (Lipinski definition) is 2. The zero-order valence-electron chi connectivity index (χ0n) is 20.1. The molecule has 6 heteroatoms. The number of aromatic nitrogens is 2.